The summed E-state index contributed by atoms with van der Waals surface area (Å²) >= 11 is 0. The number of aliphatic hydroxyl groups excluding tert-OH is 1. The number of phenolic OH excluding ortho intramolecular Hbond substituents is 1. The van der Waals surface area contributed by atoms with Crippen molar-refractivity contribution in [2.75, 3.05) is 13.2 Å². The fourth-order valence-corrected chi connectivity index (χ4v) is 2.53. The summed E-state index contributed by atoms with van der Waals surface area (Å²) in [5.74, 6) is -5.22. The van der Waals surface area contributed by atoms with Crippen molar-refractivity contribution in [2.24, 2.45) is 5.73 Å². The van der Waals surface area contributed by atoms with E-state index in [-0.39, 0.29) is 18.6 Å². The lowest BCUT2D eigenvalue weighted by Crippen LogP contribution is -2.57. The first-order valence-electron chi connectivity index (χ1n) is 9.49. The van der Waals surface area contributed by atoms with E-state index in [1.54, 1.807) is 0 Å². The van der Waals surface area contributed by atoms with Crippen molar-refractivity contribution in [3.05, 3.63) is 29.8 Å². The predicted molar refractivity (Wildman–Crippen MR) is 108 cm³/mol. The summed E-state index contributed by atoms with van der Waals surface area (Å²) in [6, 6.07) is 1.74. The van der Waals surface area contributed by atoms with Gasteiger partial charge in [-0.3, -0.25) is 24.0 Å². The number of benzene rings is 1. The van der Waals surface area contributed by atoms with Crippen molar-refractivity contribution < 1.29 is 44.4 Å². The summed E-state index contributed by atoms with van der Waals surface area (Å²) in [4.78, 5) is 58.7. The van der Waals surface area contributed by atoms with Crippen molar-refractivity contribution in [1.29, 1.82) is 0 Å². The molecule has 0 saturated heterocycles. The number of nitrogens with two attached hydrogens (primary N) is 1. The lowest BCUT2D eigenvalue weighted by molar-refractivity contribution is -0.140. The Kier molecular flexibility index (Phi) is 10.6. The van der Waals surface area contributed by atoms with Crippen LogP contribution < -0.4 is 21.7 Å². The van der Waals surface area contributed by atoms with Crippen molar-refractivity contribution in [3.8, 4) is 5.75 Å². The number of phenols is 1. The molecule has 13 heteroatoms. The molecule has 0 aliphatic carbocycles. The van der Waals surface area contributed by atoms with Gasteiger partial charge in [0.25, 0.3) is 0 Å². The average Bonchev–Trinajstić information content (AvgIpc) is 2.74. The number of carboxylic acids is 2. The van der Waals surface area contributed by atoms with Gasteiger partial charge in [-0.15, -0.1) is 0 Å². The number of aliphatic carboxylic acids is 2. The summed E-state index contributed by atoms with van der Waals surface area (Å²) in [5, 5.41) is 42.7. The number of hydrogen-bond acceptors (Lipinski definition) is 8. The van der Waals surface area contributed by atoms with E-state index < -0.39 is 67.4 Å². The molecule has 0 spiro atoms. The molecule has 32 heavy (non-hydrogen) atoms. The van der Waals surface area contributed by atoms with Gasteiger partial charge in [-0.05, 0) is 24.1 Å². The fraction of sp³-hybridized carbons (Fsp3) is 0.421. The second-order valence-corrected chi connectivity index (χ2v) is 6.83. The summed E-state index contributed by atoms with van der Waals surface area (Å²) in [6.45, 7) is -1.42. The minimum absolute atomic E-state index is 0.0232. The van der Waals surface area contributed by atoms with Crippen LogP contribution in [0.2, 0.25) is 0 Å². The fourth-order valence-electron chi connectivity index (χ4n) is 2.53. The molecule has 0 saturated carbocycles. The number of carbonyl (C=O) groups excluding carboxylic acids is 3. The molecule has 0 bridgehead atoms. The molecule has 0 radical (unpaired) electrons. The summed E-state index contributed by atoms with van der Waals surface area (Å²) < 4.78 is 0. The second kappa shape index (κ2) is 12.9. The largest absolute Gasteiger partial charge is 0.508 e. The molecule has 13 nitrogen and oxygen atoms in total. The Balaban J connectivity index is 3.03. The third-order valence-electron chi connectivity index (χ3n) is 4.24. The first-order chi connectivity index (χ1) is 15.0. The molecule has 0 aliphatic heterocycles. The van der Waals surface area contributed by atoms with E-state index in [0.29, 0.717) is 5.56 Å². The van der Waals surface area contributed by atoms with Crippen LogP contribution in [0.5, 0.6) is 5.75 Å². The highest BCUT2D eigenvalue weighted by atomic mass is 16.4. The lowest BCUT2D eigenvalue weighted by atomic mass is 10.0. The minimum atomic E-state index is -1.39. The van der Waals surface area contributed by atoms with Crippen LogP contribution in [0.1, 0.15) is 18.4 Å². The SMILES string of the molecule is NC(CO)C(=O)NC(Cc1ccc(O)cc1)C(=O)NC(CCC(=O)O)C(=O)NCC(=O)O. The van der Waals surface area contributed by atoms with Crippen LogP contribution in [0.15, 0.2) is 24.3 Å². The Bertz CT molecular complexity index is 829. The topological polar surface area (TPSA) is 228 Å². The first kappa shape index (κ1) is 26.3. The van der Waals surface area contributed by atoms with Crippen LogP contribution in [0.3, 0.4) is 0 Å². The van der Waals surface area contributed by atoms with Gasteiger partial charge in [0, 0.05) is 12.8 Å². The number of carboxylic acid groups (broad SMARTS) is 2. The highest BCUT2D eigenvalue weighted by molar-refractivity contribution is 5.94. The zero-order valence-corrected chi connectivity index (χ0v) is 17.0. The standard InChI is InChI=1S/C19H26N4O9/c20-12(9-24)17(30)23-14(7-10-1-3-11(25)4-2-10)19(32)22-13(5-6-15(26)27)18(31)21-8-16(28)29/h1-4,12-14,24-25H,5-9,20H2,(H,21,31)(H,22,32)(H,23,30)(H,26,27)(H,28,29). The molecule has 3 amide bonds. The Hall–Kier alpha value is -3.71. The molecule has 1 rings (SSSR count). The maximum absolute atomic E-state index is 12.8. The molecule has 9 N–H and O–H groups in total. The third kappa shape index (κ3) is 9.40. The molecule has 1 aromatic carbocycles. The highest BCUT2D eigenvalue weighted by Crippen LogP contribution is 2.12. The number of amides is 3. The summed E-state index contributed by atoms with van der Waals surface area (Å²) in [5.41, 5.74) is 5.99. The third-order valence-corrected chi connectivity index (χ3v) is 4.24. The van der Waals surface area contributed by atoms with Gasteiger partial charge in [0.1, 0.15) is 30.4 Å². The van der Waals surface area contributed by atoms with Gasteiger partial charge >= 0.3 is 11.9 Å². The van der Waals surface area contributed by atoms with Gasteiger partial charge in [0.15, 0.2) is 0 Å². The lowest BCUT2D eigenvalue weighted by Gasteiger charge is -2.24. The molecule has 0 fully saturated rings. The molecule has 0 aromatic heterocycles. The van der Waals surface area contributed by atoms with E-state index >= 15 is 0 Å². The van der Waals surface area contributed by atoms with Crippen molar-refractivity contribution >= 4 is 29.7 Å². The molecule has 1 aromatic rings. The molecule has 0 heterocycles. The summed E-state index contributed by atoms with van der Waals surface area (Å²) in [6.07, 6.45) is -0.906. The Morgan fingerprint density at radius 3 is 2.00 bits per heavy atom. The number of hydrogen-bond donors (Lipinski definition) is 8. The van der Waals surface area contributed by atoms with Crippen molar-refractivity contribution in [3.63, 3.8) is 0 Å². The zero-order chi connectivity index (χ0) is 24.3. The first-order valence-corrected chi connectivity index (χ1v) is 9.49. The molecule has 176 valence electrons. The van der Waals surface area contributed by atoms with E-state index in [2.05, 4.69) is 16.0 Å². The van der Waals surface area contributed by atoms with Crippen molar-refractivity contribution in [1.82, 2.24) is 16.0 Å². The molecular formula is C19H26N4O9. The minimum Gasteiger partial charge on any atom is -0.508 e. The Morgan fingerprint density at radius 1 is 0.875 bits per heavy atom. The molecular weight excluding hydrogens is 428 g/mol. The quantitative estimate of drug-likeness (QED) is 0.154. The second-order valence-electron chi connectivity index (χ2n) is 6.83. The van der Waals surface area contributed by atoms with E-state index in [1.807, 2.05) is 0 Å². The number of aromatic hydroxyl groups is 1. The molecule has 3 unspecified atom stereocenters. The number of aliphatic hydroxyl groups is 1. The smallest absolute Gasteiger partial charge is 0.322 e. The van der Waals surface area contributed by atoms with Crippen LogP contribution in [0.4, 0.5) is 0 Å². The van der Waals surface area contributed by atoms with Crippen LogP contribution in [-0.2, 0) is 30.4 Å². The van der Waals surface area contributed by atoms with Crippen molar-refractivity contribution in [2.45, 2.75) is 37.4 Å². The van der Waals surface area contributed by atoms with Gasteiger partial charge in [-0.2, -0.15) is 0 Å². The number of nitrogens with one attached hydrogen (secondary N) is 3. The number of rotatable bonds is 13. The van der Waals surface area contributed by atoms with Gasteiger partial charge in [0.05, 0.1) is 6.61 Å². The maximum atomic E-state index is 12.8. The van der Waals surface area contributed by atoms with Crippen LogP contribution in [-0.4, -0.2) is 81.4 Å². The van der Waals surface area contributed by atoms with Gasteiger partial charge < -0.3 is 42.1 Å². The van der Waals surface area contributed by atoms with Gasteiger partial charge in [-0.1, -0.05) is 12.1 Å². The highest BCUT2D eigenvalue weighted by Gasteiger charge is 2.28. The number of carbonyl (C=O) groups is 5. The van der Waals surface area contributed by atoms with Gasteiger partial charge in [0.2, 0.25) is 17.7 Å². The van der Waals surface area contributed by atoms with E-state index in [1.165, 1.54) is 24.3 Å². The Morgan fingerprint density at radius 2 is 1.47 bits per heavy atom. The van der Waals surface area contributed by atoms with Crippen LogP contribution in [0, 0.1) is 0 Å². The van der Waals surface area contributed by atoms with Crippen LogP contribution in [0.25, 0.3) is 0 Å². The molecule has 3 atom stereocenters. The van der Waals surface area contributed by atoms with Crippen LogP contribution >= 0.6 is 0 Å². The van der Waals surface area contributed by atoms with E-state index in [9.17, 15) is 29.1 Å². The monoisotopic (exact) mass is 454 g/mol. The van der Waals surface area contributed by atoms with E-state index in [4.69, 9.17) is 21.1 Å². The zero-order valence-electron chi connectivity index (χ0n) is 17.0. The average molecular weight is 454 g/mol. The predicted octanol–water partition coefficient (Wildman–Crippen LogP) is -2.71. The Labute approximate surface area is 182 Å². The van der Waals surface area contributed by atoms with E-state index in [0.717, 1.165) is 0 Å². The van der Waals surface area contributed by atoms with Gasteiger partial charge in [-0.25, -0.2) is 0 Å². The maximum Gasteiger partial charge on any atom is 0.322 e. The summed E-state index contributed by atoms with van der Waals surface area (Å²) in [7, 11) is 0. The normalized spacial score (nSPS) is 13.3. The molecule has 0 aliphatic rings.